The third-order valence-corrected chi connectivity index (χ3v) is 1.77. The fourth-order valence-corrected chi connectivity index (χ4v) is 1.21. The lowest BCUT2D eigenvalue weighted by Crippen LogP contribution is -2.30. The van der Waals surface area contributed by atoms with Gasteiger partial charge in [0.2, 0.25) is 0 Å². The summed E-state index contributed by atoms with van der Waals surface area (Å²) in [7, 11) is 0. The van der Waals surface area contributed by atoms with Crippen molar-refractivity contribution in [1.82, 2.24) is 10.2 Å². The van der Waals surface area contributed by atoms with Gasteiger partial charge in [0.15, 0.2) is 6.29 Å². The van der Waals surface area contributed by atoms with Gasteiger partial charge in [-0.25, -0.2) is 0 Å². The average Bonchev–Trinajstić information content (AvgIpc) is 2.60. The maximum atomic E-state index is 5.29. The lowest BCUT2D eigenvalue weighted by atomic mass is 10.5. The first kappa shape index (κ1) is 6.94. The SMILES string of the molecule is C1=CN(CC2OCCO2)CN1. The summed E-state index contributed by atoms with van der Waals surface area (Å²) in [6.45, 7) is 3.15. The monoisotopic (exact) mass is 156 g/mol. The van der Waals surface area contributed by atoms with Crippen LogP contribution in [0.1, 0.15) is 0 Å². The Morgan fingerprint density at radius 2 is 2.27 bits per heavy atom. The molecule has 0 aromatic carbocycles. The number of nitrogens with one attached hydrogen (secondary N) is 1. The highest BCUT2D eigenvalue weighted by Gasteiger charge is 2.18. The van der Waals surface area contributed by atoms with Gasteiger partial charge in [-0.2, -0.15) is 0 Å². The summed E-state index contributed by atoms with van der Waals surface area (Å²) in [5.41, 5.74) is 0. The van der Waals surface area contributed by atoms with Crippen molar-refractivity contribution in [2.75, 3.05) is 26.4 Å². The van der Waals surface area contributed by atoms with E-state index in [4.69, 9.17) is 9.47 Å². The van der Waals surface area contributed by atoms with Crippen LogP contribution in [0.15, 0.2) is 12.4 Å². The highest BCUT2D eigenvalue weighted by atomic mass is 16.7. The first-order valence-corrected chi connectivity index (χ1v) is 3.82. The second-order valence-corrected chi connectivity index (χ2v) is 2.62. The van der Waals surface area contributed by atoms with Gasteiger partial charge in [-0.1, -0.05) is 0 Å². The van der Waals surface area contributed by atoms with Crippen LogP contribution in [0, 0.1) is 0 Å². The Hall–Kier alpha value is -0.740. The standard InChI is InChI=1S/C7H12N2O2/c1-2-9(6-8-1)5-7-10-3-4-11-7/h1-2,7-8H,3-6H2. The molecular formula is C7H12N2O2. The molecule has 0 aliphatic carbocycles. The fourth-order valence-electron chi connectivity index (χ4n) is 1.21. The van der Waals surface area contributed by atoms with E-state index in [0.717, 1.165) is 26.4 Å². The van der Waals surface area contributed by atoms with E-state index in [0.29, 0.717) is 0 Å². The van der Waals surface area contributed by atoms with Crippen molar-refractivity contribution in [3.05, 3.63) is 12.4 Å². The van der Waals surface area contributed by atoms with E-state index in [1.807, 2.05) is 12.4 Å². The van der Waals surface area contributed by atoms with Crippen molar-refractivity contribution < 1.29 is 9.47 Å². The molecule has 2 aliphatic rings. The summed E-state index contributed by atoms with van der Waals surface area (Å²) in [4.78, 5) is 2.12. The van der Waals surface area contributed by atoms with Crippen LogP contribution in [0.3, 0.4) is 0 Å². The number of hydrogen-bond donors (Lipinski definition) is 1. The zero-order valence-corrected chi connectivity index (χ0v) is 6.32. The molecule has 0 atom stereocenters. The molecule has 0 aromatic rings. The largest absolute Gasteiger partial charge is 0.373 e. The van der Waals surface area contributed by atoms with Crippen molar-refractivity contribution in [3.8, 4) is 0 Å². The molecule has 0 saturated carbocycles. The smallest absolute Gasteiger partial charge is 0.175 e. The first-order chi connectivity index (χ1) is 5.45. The summed E-state index contributed by atoms with van der Waals surface area (Å²) in [5.74, 6) is 0. The Balaban J connectivity index is 1.75. The van der Waals surface area contributed by atoms with E-state index in [1.54, 1.807) is 0 Å². The van der Waals surface area contributed by atoms with Crippen LogP contribution in [-0.4, -0.2) is 37.6 Å². The van der Waals surface area contributed by atoms with Gasteiger partial charge in [-0.3, -0.25) is 0 Å². The summed E-state index contributed by atoms with van der Waals surface area (Å²) < 4.78 is 10.6. The molecule has 62 valence electrons. The highest BCUT2D eigenvalue weighted by Crippen LogP contribution is 2.06. The van der Waals surface area contributed by atoms with Crippen molar-refractivity contribution in [2.45, 2.75) is 6.29 Å². The Labute approximate surface area is 65.8 Å². The zero-order valence-electron chi connectivity index (χ0n) is 6.32. The molecule has 11 heavy (non-hydrogen) atoms. The molecule has 0 amide bonds. The van der Waals surface area contributed by atoms with Gasteiger partial charge in [0.1, 0.15) is 0 Å². The second-order valence-electron chi connectivity index (χ2n) is 2.62. The topological polar surface area (TPSA) is 33.7 Å². The lowest BCUT2D eigenvalue weighted by Gasteiger charge is -2.18. The molecule has 1 saturated heterocycles. The Morgan fingerprint density at radius 1 is 1.45 bits per heavy atom. The second kappa shape index (κ2) is 3.11. The molecule has 0 spiro atoms. The van der Waals surface area contributed by atoms with Gasteiger partial charge in [0.05, 0.1) is 26.4 Å². The lowest BCUT2D eigenvalue weighted by molar-refractivity contribution is -0.0544. The maximum absolute atomic E-state index is 5.29. The molecule has 2 aliphatic heterocycles. The summed E-state index contributed by atoms with van der Waals surface area (Å²) in [6.07, 6.45) is 3.90. The number of ether oxygens (including phenoxy) is 2. The van der Waals surface area contributed by atoms with Gasteiger partial charge in [-0.05, 0) is 0 Å². The van der Waals surface area contributed by atoms with Crippen LogP contribution in [-0.2, 0) is 9.47 Å². The van der Waals surface area contributed by atoms with Crippen molar-refractivity contribution in [2.24, 2.45) is 0 Å². The molecular weight excluding hydrogens is 144 g/mol. The third kappa shape index (κ3) is 1.64. The van der Waals surface area contributed by atoms with Crippen molar-refractivity contribution in [1.29, 1.82) is 0 Å². The normalized spacial score (nSPS) is 24.5. The molecule has 4 nitrogen and oxygen atoms in total. The maximum Gasteiger partial charge on any atom is 0.175 e. The van der Waals surface area contributed by atoms with Crippen LogP contribution >= 0.6 is 0 Å². The molecule has 2 heterocycles. The van der Waals surface area contributed by atoms with Gasteiger partial charge in [-0.15, -0.1) is 0 Å². The van der Waals surface area contributed by atoms with Crippen molar-refractivity contribution in [3.63, 3.8) is 0 Å². The summed E-state index contributed by atoms with van der Waals surface area (Å²) in [5, 5.41) is 3.08. The molecule has 0 unspecified atom stereocenters. The van der Waals surface area contributed by atoms with E-state index in [2.05, 4.69) is 10.2 Å². The fraction of sp³-hybridized carbons (Fsp3) is 0.714. The van der Waals surface area contributed by atoms with Gasteiger partial charge in [0.25, 0.3) is 0 Å². The molecule has 1 fully saturated rings. The van der Waals surface area contributed by atoms with Gasteiger partial charge >= 0.3 is 0 Å². The quantitative estimate of drug-likeness (QED) is 0.595. The highest BCUT2D eigenvalue weighted by molar-refractivity contribution is 4.87. The first-order valence-electron chi connectivity index (χ1n) is 3.82. The molecule has 1 N–H and O–H groups in total. The average molecular weight is 156 g/mol. The van der Waals surface area contributed by atoms with E-state index in [1.165, 1.54) is 0 Å². The molecule has 0 radical (unpaired) electrons. The number of hydrogen-bond acceptors (Lipinski definition) is 4. The molecule has 0 aromatic heterocycles. The minimum absolute atomic E-state index is 0.0282. The van der Waals surface area contributed by atoms with E-state index in [9.17, 15) is 0 Å². The summed E-state index contributed by atoms with van der Waals surface area (Å²) >= 11 is 0. The Kier molecular flexibility index (Phi) is 1.96. The van der Waals surface area contributed by atoms with E-state index in [-0.39, 0.29) is 6.29 Å². The minimum Gasteiger partial charge on any atom is -0.373 e. The van der Waals surface area contributed by atoms with Crippen LogP contribution in [0.25, 0.3) is 0 Å². The zero-order chi connectivity index (χ0) is 7.52. The van der Waals surface area contributed by atoms with Gasteiger partial charge < -0.3 is 19.7 Å². The Morgan fingerprint density at radius 3 is 2.91 bits per heavy atom. The Bertz CT molecular complexity index is 155. The summed E-state index contributed by atoms with van der Waals surface area (Å²) in [6, 6.07) is 0. The number of rotatable bonds is 2. The minimum atomic E-state index is -0.0282. The van der Waals surface area contributed by atoms with Crippen LogP contribution in [0.2, 0.25) is 0 Å². The number of nitrogens with zero attached hydrogens (tertiary/aromatic N) is 1. The van der Waals surface area contributed by atoms with Crippen LogP contribution in [0.5, 0.6) is 0 Å². The van der Waals surface area contributed by atoms with Crippen LogP contribution < -0.4 is 5.32 Å². The third-order valence-electron chi connectivity index (χ3n) is 1.77. The van der Waals surface area contributed by atoms with Crippen molar-refractivity contribution >= 4 is 0 Å². The predicted molar refractivity (Wildman–Crippen MR) is 39.5 cm³/mol. The molecule has 0 bridgehead atoms. The van der Waals surface area contributed by atoms with Crippen LogP contribution in [0.4, 0.5) is 0 Å². The molecule has 2 rings (SSSR count). The van der Waals surface area contributed by atoms with E-state index < -0.39 is 0 Å². The molecule has 4 heteroatoms. The predicted octanol–water partition coefficient (Wildman–Crippen LogP) is -0.307. The van der Waals surface area contributed by atoms with E-state index >= 15 is 0 Å². The van der Waals surface area contributed by atoms with Gasteiger partial charge in [0, 0.05) is 12.4 Å².